The Balaban J connectivity index is 0.000000236. The summed E-state index contributed by atoms with van der Waals surface area (Å²) in [6, 6.07) is 41.8. The van der Waals surface area contributed by atoms with Crippen LogP contribution in [0.2, 0.25) is 13.1 Å². The maximum atomic E-state index is 2.49. The quantitative estimate of drug-likeness (QED) is 0.0847. The number of halogens is 2. The SMILES string of the molecule is CCCC1(Cc2cc3c(-c4ccc(CC)cc4)cccc3[cH-]2)CCCCC1.CCCC1(Cc2cc3c(-c4ccc(CC)cc4)cccc3[cH-]2)CCCCC1.C[Si](C)=[Zr+2].[Cl-].[Cl-]. The molecule has 0 heterocycles. The fourth-order valence-corrected chi connectivity index (χ4v) is 10.7. The summed E-state index contributed by atoms with van der Waals surface area (Å²) in [5, 5.41) is 5.67. The van der Waals surface area contributed by atoms with Crippen LogP contribution in [0.15, 0.2) is 109 Å². The van der Waals surface area contributed by atoms with E-state index in [2.05, 4.69) is 150 Å². The standard InChI is InChI=1S/2C27H33.C2H6Si.2ClH.Zr/c2*1-3-15-27(16-6-5-7-17-27)20-22-18-24-9-8-10-25(26(24)19-22)23-13-11-21(4-2)12-14-23;1-3-2;;;/h2*8-14,18-19H,3-7,15-17,20H2,1-2H3;1-2H3;2*1H;/q2*-1;;;;+2/p-2. The van der Waals surface area contributed by atoms with E-state index in [0.717, 1.165) is 12.8 Å². The Bertz CT molecular complexity index is 2010. The Hall–Kier alpha value is -2.22. The Morgan fingerprint density at radius 3 is 1.18 bits per heavy atom. The molecule has 2 aliphatic rings. The molecule has 2 fully saturated rings. The van der Waals surface area contributed by atoms with Crippen LogP contribution in [0.1, 0.15) is 140 Å². The number of hydrogen-bond acceptors (Lipinski definition) is 0. The van der Waals surface area contributed by atoms with Crippen molar-refractivity contribution in [2.24, 2.45) is 10.8 Å². The molecular weight excluding hydrogens is 863 g/mol. The summed E-state index contributed by atoms with van der Waals surface area (Å²) in [5.74, 6) is 0. The summed E-state index contributed by atoms with van der Waals surface area (Å²) in [6.07, 6.45) is 24.4. The summed E-state index contributed by atoms with van der Waals surface area (Å²) >= 11 is 1.74. The molecule has 2 aliphatic carbocycles. The summed E-state index contributed by atoms with van der Waals surface area (Å²) in [4.78, 5) is 0. The van der Waals surface area contributed by atoms with E-state index in [-0.39, 0.29) is 30.2 Å². The zero-order valence-electron chi connectivity index (χ0n) is 37.9. The summed E-state index contributed by atoms with van der Waals surface area (Å²) < 4.78 is 0. The second-order valence-electron chi connectivity index (χ2n) is 18.4. The smallest absolute Gasteiger partial charge is 1.00 e. The molecule has 0 unspecified atom stereocenters. The van der Waals surface area contributed by atoms with E-state index in [1.165, 1.54) is 158 Å². The van der Waals surface area contributed by atoms with Gasteiger partial charge in [-0.1, -0.05) is 151 Å². The van der Waals surface area contributed by atoms with Gasteiger partial charge in [0.05, 0.1) is 0 Å². The van der Waals surface area contributed by atoms with E-state index in [4.69, 9.17) is 0 Å². The maximum absolute atomic E-state index is 2.49. The number of rotatable bonds is 12. The zero-order valence-corrected chi connectivity index (χ0v) is 42.8. The third kappa shape index (κ3) is 13.4. The van der Waals surface area contributed by atoms with E-state index >= 15 is 0 Å². The van der Waals surface area contributed by atoms with Gasteiger partial charge in [-0.15, -0.1) is 69.1 Å². The first-order chi connectivity index (χ1) is 28.2. The molecule has 6 aromatic carbocycles. The fourth-order valence-electron chi connectivity index (χ4n) is 10.7. The molecule has 0 aliphatic heterocycles. The second kappa shape index (κ2) is 24.6. The third-order valence-electron chi connectivity index (χ3n) is 13.5. The molecule has 0 saturated heterocycles. The van der Waals surface area contributed by atoms with Gasteiger partial charge in [-0.3, -0.25) is 0 Å². The summed E-state index contributed by atoms with van der Waals surface area (Å²) in [5.41, 5.74) is 12.7. The van der Waals surface area contributed by atoms with Gasteiger partial charge in [0, 0.05) is 0 Å². The van der Waals surface area contributed by atoms with Gasteiger partial charge in [-0.2, -0.15) is 12.1 Å². The minimum absolute atomic E-state index is 0. The van der Waals surface area contributed by atoms with Crippen molar-refractivity contribution >= 4 is 27.0 Å². The molecule has 0 amide bonds. The average Bonchev–Trinajstić information content (AvgIpc) is 3.85. The first kappa shape index (κ1) is 50.4. The molecule has 2 saturated carbocycles. The zero-order chi connectivity index (χ0) is 41.0. The molecule has 0 bridgehead atoms. The van der Waals surface area contributed by atoms with Crippen molar-refractivity contribution in [3.63, 3.8) is 0 Å². The summed E-state index contributed by atoms with van der Waals surface area (Å²) in [6.45, 7) is 13.8. The van der Waals surface area contributed by atoms with E-state index in [0.29, 0.717) is 10.8 Å². The maximum Gasteiger partial charge on any atom is -1.00 e. The second-order valence-corrected chi connectivity index (χ2v) is 27.8. The molecule has 320 valence electrons. The first-order valence-electron chi connectivity index (χ1n) is 23.3. The normalized spacial score (nSPS) is 15.5. The van der Waals surface area contributed by atoms with E-state index < -0.39 is 0 Å². The van der Waals surface area contributed by atoms with Crippen molar-refractivity contribution in [1.82, 2.24) is 0 Å². The topological polar surface area (TPSA) is 0 Å². The molecular formula is C56H72Cl2SiZr-2. The van der Waals surface area contributed by atoms with Crippen LogP contribution in [0.3, 0.4) is 0 Å². The molecule has 0 N–H and O–H groups in total. The molecule has 0 nitrogen and oxygen atoms in total. The molecule has 4 heteroatoms. The Morgan fingerprint density at radius 2 is 0.867 bits per heavy atom. The largest absolute Gasteiger partial charge is 1.00 e. The average molecular weight is 935 g/mol. The van der Waals surface area contributed by atoms with Crippen LogP contribution in [0.25, 0.3) is 43.8 Å². The number of hydrogen-bond donors (Lipinski definition) is 0. The number of fused-ring (bicyclic) bond motifs is 2. The van der Waals surface area contributed by atoms with Gasteiger partial charge in [-0.25, -0.2) is 0 Å². The van der Waals surface area contributed by atoms with Gasteiger partial charge in [0.2, 0.25) is 0 Å². The number of aryl methyl sites for hydroxylation is 2. The monoisotopic (exact) mass is 932 g/mol. The summed E-state index contributed by atoms with van der Waals surface area (Å²) in [7, 11) is 0. The van der Waals surface area contributed by atoms with Gasteiger partial charge < -0.3 is 24.8 Å². The molecule has 0 atom stereocenters. The van der Waals surface area contributed by atoms with Gasteiger partial charge in [0.15, 0.2) is 0 Å². The van der Waals surface area contributed by atoms with Crippen LogP contribution < -0.4 is 24.8 Å². The van der Waals surface area contributed by atoms with Crippen LogP contribution in [0.4, 0.5) is 0 Å². The molecule has 6 aromatic rings. The fraction of sp³-hybridized carbons (Fsp3) is 0.464. The van der Waals surface area contributed by atoms with Crippen LogP contribution in [0, 0.1) is 10.8 Å². The van der Waals surface area contributed by atoms with Crippen molar-refractivity contribution in [2.75, 3.05) is 0 Å². The van der Waals surface area contributed by atoms with Gasteiger partial charge >= 0.3 is 41.9 Å². The minimum atomic E-state index is 0. The van der Waals surface area contributed by atoms with Crippen molar-refractivity contribution in [3.8, 4) is 22.3 Å². The predicted octanol–water partition coefficient (Wildman–Crippen LogP) is 11.0. The van der Waals surface area contributed by atoms with E-state index in [1.54, 1.807) is 34.5 Å². The van der Waals surface area contributed by atoms with Crippen LogP contribution in [0.5, 0.6) is 0 Å². The van der Waals surface area contributed by atoms with Crippen molar-refractivity contribution < 1.29 is 48.1 Å². The molecule has 0 aromatic heterocycles. The van der Waals surface area contributed by atoms with E-state index in [1.807, 2.05) is 0 Å². The Labute approximate surface area is 393 Å². The Kier molecular flexibility index (Phi) is 20.7. The van der Waals surface area contributed by atoms with Gasteiger partial charge in [-0.05, 0) is 97.3 Å². The molecule has 0 radical (unpaired) electrons. The van der Waals surface area contributed by atoms with Crippen LogP contribution >= 0.6 is 0 Å². The predicted molar refractivity (Wildman–Crippen MR) is 254 cm³/mol. The third-order valence-corrected chi connectivity index (χ3v) is 13.5. The number of benzene rings is 4. The van der Waals surface area contributed by atoms with Gasteiger partial charge in [0.1, 0.15) is 0 Å². The van der Waals surface area contributed by atoms with Crippen molar-refractivity contribution in [1.29, 1.82) is 0 Å². The minimum Gasteiger partial charge on any atom is -1.00 e. The van der Waals surface area contributed by atoms with Crippen LogP contribution in [-0.4, -0.2) is 5.43 Å². The van der Waals surface area contributed by atoms with Gasteiger partial charge in [0.25, 0.3) is 0 Å². The van der Waals surface area contributed by atoms with Crippen LogP contribution in [-0.2, 0) is 49.0 Å². The molecule has 8 rings (SSSR count). The van der Waals surface area contributed by atoms with E-state index in [9.17, 15) is 0 Å². The van der Waals surface area contributed by atoms with Crippen molar-refractivity contribution in [2.45, 2.75) is 156 Å². The van der Waals surface area contributed by atoms with Crippen molar-refractivity contribution in [3.05, 3.63) is 131 Å². The first-order valence-corrected chi connectivity index (χ1v) is 29.4. The Morgan fingerprint density at radius 1 is 0.517 bits per heavy atom. The molecule has 0 spiro atoms. The molecule has 60 heavy (non-hydrogen) atoms.